The van der Waals surface area contributed by atoms with E-state index in [0.29, 0.717) is 63.6 Å². The third-order valence-electron chi connectivity index (χ3n) is 7.01. The van der Waals surface area contributed by atoms with Gasteiger partial charge in [-0.2, -0.15) is 0 Å². The number of ketones is 1. The number of likely N-dealkylation sites (tertiary alicyclic amines) is 1. The van der Waals surface area contributed by atoms with Gasteiger partial charge in [0.25, 0.3) is 5.89 Å². The minimum absolute atomic E-state index is 0.0407. The second kappa shape index (κ2) is 10.3. The van der Waals surface area contributed by atoms with Gasteiger partial charge in [-0.15, -0.1) is 0 Å². The molecule has 3 aromatic carbocycles. The number of rotatable bonds is 5. The third-order valence-corrected chi connectivity index (χ3v) is 7.81. The molecule has 0 saturated carbocycles. The highest BCUT2D eigenvalue weighted by Gasteiger charge is 2.42. The van der Waals surface area contributed by atoms with Crippen molar-refractivity contribution >= 4 is 46.5 Å². The highest BCUT2D eigenvalue weighted by atomic mass is 35.5. The molecular formula is C29H23Cl3N2O3. The van der Waals surface area contributed by atoms with Gasteiger partial charge in [-0.25, -0.2) is 4.98 Å². The molecule has 188 valence electrons. The zero-order valence-corrected chi connectivity index (χ0v) is 22.3. The first kappa shape index (κ1) is 25.5. The number of carbonyl (C=O) groups excluding carboxylic acids is 2. The molecule has 0 N–H and O–H groups in total. The number of carbonyl (C=O) groups is 2. The van der Waals surface area contributed by atoms with Gasteiger partial charge < -0.3 is 9.32 Å². The van der Waals surface area contributed by atoms with Crippen molar-refractivity contribution in [3.63, 3.8) is 0 Å². The SMILES string of the molecule is CC(=O)C1(c2ccccc2)CCN(C(=O)c2nc(-c3ccc(Cl)cc3Cl)c(-c3ccc(Cl)cc3)o2)CC1. The van der Waals surface area contributed by atoms with Crippen LogP contribution in [0.15, 0.2) is 77.2 Å². The van der Waals surface area contributed by atoms with Gasteiger partial charge >= 0.3 is 5.91 Å². The number of halogens is 3. The van der Waals surface area contributed by atoms with E-state index >= 15 is 0 Å². The number of hydrogen-bond acceptors (Lipinski definition) is 4. The lowest BCUT2D eigenvalue weighted by Crippen LogP contribution is -2.48. The van der Waals surface area contributed by atoms with Crippen molar-refractivity contribution in [2.75, 3.05) is 13.1 Å². The molecule has 1 saturated heterocycles. The number of piperidine rings is 1. The van der Waals surface area contributed by atoms with Crippen molar-refractivity contribution in [3.05, 3.63) is 99.3 Å². The Balaban J connectivity index is 1.47. The average Bonchev–Trinajstić information content (AvgIpc) is 3.34. The van der Waals surface area contributed by atoms with Crippen LogP contribution in [0.2, 0.25) is 15.1 Å². The van der Waals surface area contributed by atoms with Crippen molar-refractivity contribution in [2.45, 2.75) is 25.2 Å². The zero-order chi connectivity index (χ0) is 26.2. The topological polar surface area (TPSA) is 63.4 Å². The fourth-order valence-corrected chi connectivity index (χ4v) is 5.52. The molecule has 0 aliphatic carbocycles. The first-order valence-electron chi connectivity index (χ1n) is 11.9. The summed E-state index contributed by atoms with van der Waals surface area (Å²) in [5.74, 6) is 0.132. The molecule has 37 heavy (non-hydrogen) atoms. The summed E-state index contributed by atoms with van der Waals surface area (Å²) in [5.41, 5.74) is 2.11. The number of oxazole rings is 1. The van der Waals surface area contributed by atoms with Crippen LogP contribution in [-0.4, -0.2) is 34.7 Å². The Morgan fingerprint density at radius 2 is 1.54 bits per heavy atom. The van der Waals surface area contributed by atoms with Crippen LogP contribution in [0.25, 0.3) is 22.6 Å². The van der Waals surface area contributed by atoms with E-state index in [4.69, 9.17) is 39.2 Å². The van der Waals surface area contributed by atoms with Crippen molar-refractivity contribution in [3.8, 4) is 22.6 Å². The molecular weight excluding hydrogens is 531 g/mol. The Morgan fingerprint density at radius 1 is 0.892 bits per heavy atom. The maximum atomic E-state index is 13.5. The molecule has 0 atom stereocenters. The predicted molar refractivity (Wildman–Crippen MR) is 146 cm³/mol. The van der Waals surface area contributed by atoms with Crippen molar-refractivity contribution in [2.24, 2.45) is 0 Å². The molecule has 0 spiro atoms. The summed E-state index contributed by atoms with van der Waals surface area (Å²) in [6, 6.07) is 21.9. The Morgan fingerprint density at radius 3 is 2.16 bits per heavy atom. The van der Waals surface area contributed by atoms with Crippen LogP contribution in [-0.2, 0) is 10.2 Å². The first-order chi connectivity index (χ1) is 17.8. The van der Waals surface area contributed by atoms with Gasteiger partial charge in [0.05, 0.1) is 10.4 Å². The molecule has 5 rings (SSSR count). The largest absolute Gasteiger partial charge is 0.432 e. The molecule has 1 aliphatic heterocycles. The van der Waals surface area contributed by atoms with Gasteiger partial charge in [-0.1, -0.05) is 65.1 Å². The fourth-order valence-electron chi connectivity index (χ4n) is 4.90. The van der Waals surface area contributed by atoms with E-state index in [-0.39, 0.29) is 17.6 Å². The minimum Gasteiger partial charge on any atom is -0.432 e. The summed E-state index contributed by atoms with van der Waals surface area (Å²) >= 11 is 18.7. The van der Waals surface area contributed by atoms with Gasteiger partial charge in [-0.3, -0.25) is 9.59 Å². The lowest BCUT2D eigenvalue weighted by molar-refractivity contribution is -0.124. The molecule has 0 unspecified atom stereocenters. The summed E-state index contributed by atoms with van der Waals surface area (Å²) in [6.45, 7) is 2.44. The molecule has 1 aliphatic rings. The van der Waals surface area contributed by atoms with Crippen LogP contribution in [0, 0.1) is 0 Å². The monoisotopic (exact) mass is 552 g/mol. The second-order valence-electron chi connectivity index (χ2n) is 9.12. The summed E-state index contributed by atoms with van der Waals surface area (Å²) in [5, 5.41) is 1.45. The minimum atomic E-state index is -0.606. The highest BCUT2D eigenvalue weighted by Crippen LogP contribution is 2.40. The van der Waals surface area contributed by atoms with Gasteiger partial charge in [0.2, 0.25) is 0 Å². The molecule has 2 heterocycles. The van der Waals surface area contributed by atoms with Crippen molar-refractivity contribution in [1.82, 2.24) is 9.88 Å². The van der Waals surface area contributed by atoms with Gasteiger partial charge in [0.1, 0.15) is 11.5 Å². The van der Waals surface area contributed by atoms with Crippen LogP contribution >= 0.6 is 34.8 Å². The maximum absolute atomic E-state index is 13.5. The van der Waals surface area contributed by atoms with E-state index in [9.17, 15) is 9.59 Å². The summed E-state index contributed by atoms with van der Waals surface area (Å²) in [6.07, 6.45) is 1.05. The molecule has 5 nitrogen and oxygen atoms in total. The number of Topliss-reactive ketones (excluding diaryl/α,β-unsaturated/α-hetero) is 1. The first-order valence-corrected chi connectivity index (χ1v) is 13.0. The Kier molecular flexibility index (Phi) is 7.13. The molecule has 4 aromatic rings. The van der Waals surface area contributed by atoms with Gasteiger partial charge in [0.15, 0.2) is 5.76 Å². The maximum Gasteiger partial charge on any atom is 0.309 e. The van der Waals surface area contributed by atoms with Crippen LogP contribution < -0.4 is 0 Å². The number of amides is 1. The summed E-state index contributed by atoms with van der Waals surface area (Å²) in [4.78, 5) is 32.6. The molecule has 8 heteroatoms. The standard InChI is InChI=1S/C29H23Cl3N2O3/c1-18(35)29(20-5-3-2-4-6-20)13-15-34(16-14-29)28(36)27-33-25(23-12-11-22(31)17-24(23)32)26(37-27)19-7-9-21(30)10-8-19/h2-12,17H,13-16H2,1H3. The molecule has 1 amide bonds. The third kappa shape index (κ3) is 4.91. The number of benzene rings is 3. The van der Waals surface area contributed by atoms with Crippen LogP contribution in [0.3, 0.4) is 0 Å². The lowest BCUT2D eigenvalue weighted by Gasteiger charge is -2.40. The Hall–Kier alpha value is -3.12. The zero-order valence-electron chi connectivity index (χ0n) is 20.0. The van der Waals surface area contributed by atoms with E-state index < -0.39 is 5.41 Å². The summed E-state index contributed by atoms with van der Waals surface area (Å²) < 4.78 is 6.08. The van der Waals surface area contributed by atoms with Crippen LogP contribution in [0.1, 0.15) is 36.0 Å². The molecule has 0 radical (unpaired) electrons. The number of hydrogen-bond donors (Lipinski definition) is 0. The summed E-state index contributed by atoms with van der Waals surface area (Å²) in [7, 11) is 0. The van der Waals surface area contributed by atoms with Gasteiger partial charge in [0, 0.05) is 34.3 Å². The van der Waals surface area contributed by atoms with Crippen molar-refractivity contribution < 1.29 is 14.0 Å². The smallest absolute Gasteiger partial charge is 0.309 e. The normalized spacial score (nSPS) is 15.0. The van der Waals surface area contributed by atoms with E-state index in [1.54, 1.807) is 54.3 Å². The fraction of sp³-hybridized carbons (Fsp3) is 0.207. The average molecular weight is 554 g/mol. The van der Waals surface area contributed by atoms with E-state index in [1.165, 1.54) is 0 Å². The second-order valence-corrected chi connectivity index (χ2v) is 10.4. The Bertz CT molecular complexity index is 1460. The predicted octanol–water partition coefficient (Wildman–Crippen LogP) is 7.73. The number of aromatic nitrogens is 1. The molecule has 1 fully saturated rings. The highest BCUT2D eigenvalue weighted by molar-refractivity contribution is 6.36. The number of nitrogens with zero attached hydrogens (tertiary/aromatic N) is 2. The quantitative estimate of drug-likeness (QED) is 0.254. The van der Waals surface area contributed by atoms with E-state index in [0.717, 1.165) is 5.56 Å². The van der Waals surface area contributed by atoms with E-state index in [1.807, 2.05) is 30.3 Å². The molecule has 1 aromatic heterocycles. The van der Waals surface area contributed by atoms with Crippen molar-refractivity contribution in [1.29, 1.82) is 0 Å². The van der Waals surface area contributed by atoms with Crippen LogP contribution in [0.5, 0.6) is 0 Å². The lowest BCUT2D eigenvalue weighted by atomic mass is 9.70. The Labute approximate surface area is 230 Å². The van der Waals surface area contributed by atoms with Crippen LogP contribution in [0.4, 0.5) is 0 Å². The van der Waals surface area contributed by atoms with E-state index in [2.05, 4.69) is 4.98 Å². The van der Waals surface area contributed by atoms with Gasteiger partial charge in [-0.05, 0) is 67.8 Å². The molecule has 0 bridgehead atoms.